The molecular weight excluding hydrogens is 210 g/mol. The molecule has 0 spiro atoms. The van der Waals surface area contributed by atoms with Gasteiger partial charge in [0.25, 0.3) is 5.69 Å². The average Bonchev–Trinajstić information content (AvgIpc) is 2.76. The fourth-order valence-electron chi connectivity index (χ4n) is 1.44. The molecule has 0 aliphatic rings. The van der Waals surface area contributed by atoms with Crippen LogP contribution in [0.1, 0.15) is 0 Å². The molecule has 0 amide bonds. The molecule has 1 aromatic carbocycles. The van der Waals surface area contributed by atoms with Crippen molar-refractivity contribution < 1.29 is 9.66 Å². The molecule has 0 aliphatic carbocycles. The molecule has 1 aromatic heterocycles. The maximum atomic E-state index is 10.8. The summed E-state index contributed by atoms with van der Waals surface area (Å²) < 4.78 is 6.58. The van der Waals surface area contributed by atoms with Crippen molar-refractivity contribution >= 4 is 5.69 Å². The summed E-state index contributed by atoms with van der Waals surface area (Å²) in [5.74, 6) is 0.453. The predicted molar refractivity (Wildman–Crippen MR) is 56.8 cm³/mol. The lowest BCUT2D eigenvalue weighted by Crippen LogP contribution is -2.00. The summed E-state index contributed by atoms with van der Waals surface area (Å²) in [6.07, 6.45) is 2.97. The second-order valence-electron chi connectivity index (χ2n) is 3.05. The highest BCUT2D eigenvalue weighted by Crippen LogP contribution is 2.25. The predicted octanol–water partition coefficient (Wildman–Crippen LogP) is 1.79. The fourth-order valence-corrected chi connectivity index (χ4v) is 1.44. The number of ether oxygens (including phenoxy) is 1. The zero-order valence-corrected chi connectivity index (χ0v) is 8.53. The number of hydrogen-bond donors (Lipinski definition) is 0. The van der Waals surface area contributed by atoms with Crippen LogP contribution in [0.15, 0.2) is 36.8 Å². The number of nitro groups is 1. The second kappa shape index (κ2) is 4.01. The van der Waals surface area contributed by atoms with Crippen LogP contribution in [0, 0.1) is 10.1 Å². The van der Waals surface area contributed by atoms with E-state index >= 15 is 0 Å². The third kappa shape index (κ3) is 1.60. The van der Waals surface area contributed by atoms with Gasteiger partial charge in [0.15, 0.2) is 0 Å². The van der Waals surface area contributed by atoms with E-state index in [1.165, 1.54) is 30.3 Å². The maximum absolute atomic E-state index is 10.8. The average molecular weight is 219 g/mol. The van der Waals surface area contributed by atoms with Gasteiger partial charge in [-0.1, -0.05) is 12.1 Å². The number of nitrogens with zero attached hydrogens (tertiary/aromatic N) is 3. The molecule has 6 nitrogen and oxygen atoms in total. The number of para-hydroxylation sites is 2. The van der Waals surface area contributed by atoms with Gasteiger partial charge in [0.05, 0.1) is 18.2 Å². The molecular formula is C10H9N3O3. The molecule has 0 aliphatic heterocycles. The van der Waals surface area contributed by atoms with Crippen LogP contribution in [0.2, 0.25) is 0 Å². The number of hydrogen-bond acceptors (Lipinski definition) is 4. The molecule has 0 saturated carbocycles. The van der Waals surface area contributed by atoms with Crippen molar-refractivity contribution in [2.45, 2.75) is 0 Å². The third-order valence-electron chi connectivity index (χ3n) is 2.15. The number of nitro benzene ring substituents is 1. The maximum Gasteiger partial charge on any atom is 0.293 e. The van der Waals surface area contributed by atoms with E-state index in [2.05, 4.69) is 4.98 Å². The Morgan fingerprint density at radius 3 is 2.88 bits per heavy atom. The van der Waals surface area contributed by atoms with Gasteiger partial charge in [0.2, 0.25) is 5.88 Å². The SMILES string of the molecule is COc1cncn1-c1ccccc1[N+](=O)[O-]. The molecule has 16 heavy (non-hydrogen) atoms. The Morgan fingerprint density at radius 1 is 1.44 bits per heavy atom. The number of benzene rings is 1. The molecule has 0 bridgehead atoms. The fraction of sp³-hybridized carbons (Fsp3) is 0.100. The first-order chi connectivity index (χ1) is 7.74. The zero-order chi connectivity index (χ0) is 11.5. The topological polar surface area (TPSA) is 70.2 Å². The minimum atomic E-state index is -0.436. The molecule has 6 heteroatoms. The first-order valence-electron chi connectivity index (χ1n) is 4.54. The second-order valence-corrected chi connectivity index (χ2v) is 3.05. The lowest BCUT2D eigenvalue weighted by molar-refractivity contribution is -0.384. The first kappa shape index (κ1) is 10.2. The van der Waals surface area contributed by atoms with Gasteiger partial charge in [0, 0.05) is 6.07 Å². The van der Waals surface area contributed by atoms with E-state index < -0.39 is 4.92 Å². The number of aromatic nitrogens is 2. The van der Waals surface area contributed by atoms with Crippen molar-refractivity contribution in [3.05, 3.63) is 46.9 Å². The highest BCUT2D eigenvalue weighted by Gasteiger charge is 2.16. The largest absolute Gasteiger partial charge is 0.481 e. The standard InChI is InChI=1S/C10H9N3O3/c1-16-10-6-11-7-12(10)8-4-2-3-5-9(8)13(14)15/h2-7H,1H3. The minimum absolute atomic E-state index is 0.0128. The molecule has 0 fully saturated rings. The van der Waals surface area contributed by atoms with Gasteiger partial charge in [0.1, 0.15) is 12.0 Å². The molecule has 82 valence electrons. The van der Waals surface area contributed by atoms with Gasteiger partial charge in [-0.2, -0.15) is 0 Å². The Morgan fingerprint density at radius 2 is 2.19 bits per heavy atom. The van der Waals surface area contributed by atoms with Gasteiger partial charge in [-0.15, -0.1) is 0 Å². The van der Waals surface area contributed by atoms with Crippen molar-refractivity contribution in [2.24, 2.45) is 0 Å². The van der Waals surface area contributed by atoms with Crippen molar-refractivity contribution in [3.8, 4) is 11.6 Å². The quantitative estimate of drug-likeness (QED) is 0.582. The van der Waals surface area contributed by atoms with Crippen molar-refractivity contribution in [1.82, 2.24) is 9.55 Å². The van der Waals surface area contributed by atoms with E-state index in [9.17, 15) is 10.1 Å². The lowest BCUT2D eigenvalue weighted by atomic mass is 10.2. The minimum Gasteiger partial charge on any atom is -0.481 e. The highest BCUT2D eigenvalue weighted by atomic mass is 16.6. The van der Waals surface area contributed by atoms with E-state index in [1.54, 1.807) is 18.2 Å². The van der Waals surface area contributed by atoms with Crippen LogP contribution in [0.25, 0.3) is 5.69 Å². The van der Waals surface area contributed by atoms with Crippen LogP contribution in [0.4, 0.5) is 5.69 Å². The Balaban J connectivity index is 2.60. The number of imidazole rings is 1. The van der Waals surface area contributed by atoms with Crippen LogP contribution < -0.4 is 4.74 Å². The van der Waals surface area contributed by atoms with Crippen LogP contribution >= 0.6 is 0 Å². The molecule has 0 radical (unpaired) electrons. The third-order valence-corrected chi connectivity index (χ3v) is 2.15. The van der Waals surface area contributed by atoms with Gasteiger partial charge in [-0.05, 0) is 6.07 Å². The molecule has 1 heterocycles. The van der Waals surface area contributed by atoms with E-state index in [1.807, 2.05) is 0 Å². The van der Waals surface area contributed by atoms with Crippen LogP contribution in [0.5, 0.6) is 5.88 Å². The number of methoxy groups -OCH3 is 1. The first-order valence-corrected chi connectivity index (χ1v) is 4.54. The summed E-state index contributed by atoms with van der Waals surface area (Å²) in [6, 6.07) is 6.42. The van der Waals surface area contributed by atoms with Crippen molar-refractivity contribution in [1.29, 1.82) is 0 Å². The van der Waals surface area contributed by atoms with Gasteiger partial charge in [-0.25, -0.2) is 4.98 Å². The van der Waals surface area contributed by atoms with Gasteiger partial charge >= 0.3 is 0 Å². The zero-order valence-electron chi connectivity index (χ0n) is 8.53. The Labute approximate surface area is 91.3 Å². The Kier molecular flexibility index (Phi) is 2.55. The highest BCUT2D eigenvalue weighted by molar-refractivity contribution is 5.53. The van der Waals surface area contributed by atoms with E-state index in [4.69, 9.17) is 4.74 Å². The van der Waals surface area contributed by atoms with Crippen molar-refractivity contribution in [2.75, 3.05) is 7.11 Å². The summed E-state index contributed by atoms with van der Waals surface area (Å²) in [6.45, 7) is 0. The molecule has 2 aromatic rings. The van der Waals surface area contributed by atoms with Crippen LogP contribution in [-0.4, -0.2) is 21.6 Å². The Bertz CT molecular complexity index is 522. The van der Waals surface area contributed by atoms with Gasteiger partial charge < -0.3 is 4.74 Å². The summed E-state index contributed by atoms with van der Waals surface area (Å²) >= 11 is 0. The van der Waals surface area contributed by atoms with E-state index in [0.717, 1.165) is 0 Å². The monoisotopic (exact) mass is 219 g/mol. The lowest BCUT2D eigenvalue weighted by Gasteiger charge is -2.06. The smallest absolute Gasteiger partial charge is 0.293 e. The molecule has 2 rings (SSSR count). The molecule has 0 saturated heterocycles. The van der Waals surface area contributed by atoms with E-state index in [-0.39, 0.29) is 5.69 Å². The molecule has 0 unspecified atom stereocenters. The van der Waals surface area contributed by atoms with Crippen molar-refractivity contribution in [3.63, 3.8) is 0 Å². The summed E-state index contributed by atoms with van der Waals surface area (Å²) in [5.41, 5.74) is 0.445. The van der Waals surface area contributed by atoms with E-state index in [0.29, 0.717) is 11.6 Å². The number of rotatable bonds is 3. The van der Waals surface area contributed by atoms with Crippen LogP contribution in [-0.2, 0) is 0 Å². The van der Waals surface area contributed by atoms with Crippen LogP contribution in [0.3, 0.4) is 0 Å². The molecule has 0 N–H and O–H groups in total. The summed E-state index contributed by atoms with van der Waals surface area (Å²) in [7, 11) is 1.49. The Hall–Kier alpha value is -2.37. The normalized spacial score (nSPS) is 10.1. The van der Waals surface area contributed by atoms with Gasteiger partial charge in [-0.3, -0.25) is 14.7 Å². The summed E-state index contributed by atoms with van der Waals surface area (Å²) in [5, 5.41) is 10.8. The molecule has 0 atom stereocenters. The summed E-state index contributed by atoms with van der Waals surface area (Å²) in [4.78, 5) is 14.3.